The van der Waals surface area contributed by atoms with Crippen molar-refractivity contribution in [1.82, 2.24) is 0 Å². The number of benzene rings is 1. The number of nitrogens with two attached hydrogens (primary N) is 1. The summed E-state index contributed by atoms with van der Waals surface area (Å²) in [7, 11) is 0. The number of aromatic hydroxyl groups is 1. The molecule has 4 N–H and O–H groups in total. The summed E-state index contributed by atoms with van der Waals surface area (Å²) in [5.41, 5.74) is 5.32. The number of phenols is 1. The fraction of sp³-hybridized carbons (Fsp3) is 0.100. The lowest BCUT2D eigenvalue weighted by molar-refractivity contribution is -0.137. The zero-order valence-corrected chi connectivity index (χ0v) is 7.72. The van der Waals surface area contributed by atoms with E-state index in [4.69, 9.17) is 15.9 Å². The van der Waals surface area contributed by atoms with Gasteiger partial charge in [0, 0.05) is 5.57 Å². The summed E-state index contributed by atoms with van der Waals surface area (Å²) in [4.78, 5) is 10.6. The molecule has 0 bridgehead atoms. The molecule has 1 aromatic carbocycles. The van der Waals surface area contributed by atoms with Crippen LogP contribution in [0.5, 0.6) is 5.75 Å². The number of rotatable bonds is 3. The highest BCUT2D eigenvalue weighted by molar-refractivity contribution is 5.90. The van der Waals surface area contributed by atoms with Gasteiger partial charge < -0.3 is 15.9 Å². The smallest absolute Gasteiger partial charge is 0.325 e. The molecule has 0 aliphatic carbocycles. The maximum absolute atomic E-state index is 12.5. The fourth-order valence-corrected chi connectivity index (χ4v) is 1.13. The van der Waals surface area contributed by atoms with Crippen LogP contribution in [0.25, 0.3) is 5.57 Å². The lowest BCUT2D eigenvalue weighted by Crippen LogP contribution is -2.31. The monoisotopic (exact) mass is 211 g/mol. The van der Waals surface area contributed by atoms with E-state index < -0.39 is 12.0 Å². The summed E-state index contributed by atoms with van der Waals surface area (Å²) < 4.78 is 12.5. The van der Waals surface area contributed by atoms with Gasteiger partial charge in [-0.1, -0.05) is 12.1 Å². The SMILES string of the molecule is NC(C(=O)O)/C(=C/F)c1cccc(O)c1. The average molecular weight is 211 g/mol. The first-order valence-corrected chi connectivity index (χ1v) is 4.14. The number of carboxylic acid groups (broad SMARTS) is 1. The van der Waals surface area contributed by atoms with Crippen molar-refractivity contribution in [3.05, 3.63) is 36.2 Å². The number of halogens is 1. The number of hydrogen-bond acceptors (Lipinski definition) is 3. The van der Waals surface area contributed by atoms with Crippen LogP contribution in [0.2, 0.25) is 0 Å². The van der Waals surface area contributed by atoms with Gasteiger partial charge in [-0.15, -0.1) is 0 Å². The second-order valence-corrected chi connectivity index (χ2v) is 2.93. The molecule has 1 atom stereocenters. The van der Waals surface area contributed by atoms with Crippen LogP contribution >= 0.6 is 0 Å². The van der Waals surface area contributed by atoms with Crippen LogP contribution in [0, 0.1) is 0 Å². The van der Waals surface area contributed by atoms with E-state index in [0.29, 0.717) is 0 Å². The van der Waals surface area contributed by atoms with Gasteiger partial charge >= 0.3 is 5.97 Å². The minimum atomic E-state index is -1.45. The van der Waals surface area contributed by atoms with Gasteiger partial charge in [0.2, 0.25) is 0 Å². The van der Waals surface area contributed by atoms with Gasteiger partial charge in [0.05, 0.1) is 6.33 Å². The van der Waals surface area contributed by atoms with Gasteiger partial charge in [-0.2, -0.15) is 0 Å². The first-order chi connectivity index (χ1) is 7.06. The predicted octanol–water partition coefficient (Wildman–Crippen LogP) is 1.11. The van der Waals surface area contributed by atoms with Crippen LogP contribution in [0.3, 0.4) is 0 Å². The van der Waals surface area contributed by atoms with E-state index in [9.17, 15) is 9.18 Å². The zero-order chi connectivity index (χ0) is 11.4. The van der Waals surface area contributed by atoms with E-state index >= 15 is 0 Å². The minimum absolute atomic E-state index is 0.0792. The van der Waals surface area contributed by atoms with Crippen molar-refractivity contribution in [3.8, 4) is 5.75 Å². The van der Waals surface area contributed by atoms with E-state index in [0.717, 1.165) is 0 Å². The molecule has 0 aromatic heterocycles. The highest BCUT2D eigenvalue weighted by atomic mass is 19.1. The summed E-state index contributed by atoms with van der Waals surface area (Å²) >= 11 is 0. The molecule has 0 heterocycles. The maximum atomic E-state index is 12.5. The standard InChI is InChI=1S/C10H10FNO3/c11-5-8(9(12)10(14)15)6-2-1-3-7(13)4-6/h1-5,9,13H,12H2,(H,14,15)/b8-5+. The summed E-state index contributed by atoms with van der Waals surface area (Å²) in [6.07, 6.45) is 0.132. The van der Waals surface area contributed by atoms with E-state index in [1.807, 2.05) is 0 Å². The Morgan fingerprint density at radius 1 is 1.53 bits per heavy atom. The topological polar surface area (TPSA) is 83.6 Å². The first-order valence-electron chi connectivity index (χ1n) is 4.14. The summed E-state index contributed by atoms with van der Waals surface area (Å²) in [6.45, 7) is 0. The quantitative estimate of drug-likeness (QED) is 0.699. The number of phenolic OH excluding ortho intramolecular Hbond substituents is 1. The molecule has 1 rings (SSSR count). The van der Waals surface area contributed by atoms with Crippen LogP contribution in [-0.2, 0) is 4.79 Å². The Morgan fingerprint density at radius 2 is 2.20 bits per heavy atom. The van der Waals surface area contributed by atoms with E-state index in [1.54, 1.807) is 0 Å². The van der Waals surface area contributed by atoms with Crippen molar-refractivity contribution >= 4 is 11.5 Å². The Hall–Kier alpha value is -1.88. The molecule has 0 aliphatic rings. The molecule has 80 valence electrons. The van der Waals surface area contributed by atoms with Crippen molar-refractivity contribution < 1.29 is 19.4 Å². The molecular weight excluding hydrogens is 201 g/mol. The molecule has 0 radical (unpaired) electrons. The molecule has 4 nitrogen and oxygen atoms in total. The molecule has 0 amide bonds. The molecule has 15 heavy (non-hydrogen) atoms. The van der Waals surface area contributed by atoms with Gasteiger partial charge in [-0.05, 0) is 17.7 Å². The second-order valence-electron chi connectivity index (χ2n) is 2.93. The lowest BCUT2D eigenvalue weighted by Gasteiger charge is -2.10. The Labute approximate surface area is 85.5 Å². The number of aliphatic carboxylic acids is 1. The average Bonchev–Trinajstić information content (AvgIpc) is 2.18. The van der Waals surface area contributed by atoms with Crippen LogP contribution in [-0.4, -0.2) is 22.2 Å². The van der Waals surface area contributed by atoms with Crippen molar-refractivity contribution in [2.75, 3.05) is 0 Å². The third-order valence-corrected chi connectivity index (χ3v) is 1.90. The molecule has 1 aromatic rings. The number of carboxylic acids is 1. The Kier molecular flexibility index (Phi) is 3.41. The molecule has 0 aliphatic heterocycles. The van der Waals surface area contributed by atoms with Crippen molar-refractivity contribution in [2.24, 2.45) is 5.73 Å². The molecule has 5 heteroatoms. The highest BCUT2D eigenvalue weighted by Gasteiger charge is 2.19. The Morgan fingerprint density at radius 3 is 2.67 bits per heavy atom. The van der Waals surface area contributed by atoms with Crippen LogP contribution in [0.1, 0.15) is 5.56 Å². The first kappa shape index (κ1) is 11.2. The molecule has 0 spiro atoms. The third kappa shape index (κ3) is 2.54. The second kappa shape index (κ2) is 4.56. The van der Waals surface area contributed by atoms with E-state index in [1.165, 1.54) is 24.3 Å². The third-order valence-electron chi connectivity index (χ3n) is 1.90. The van der Waals surface area contributed by atoms with E-state index in [-0.39, 0.29) is 23.2 Å². The van der Waals surface area contributed by atoms with Crippen LogP contribution in [0.4, 0.5) is 4.39 Å². The zero-order valence-electron chi connectivity index (χ0n) is 7.72. The van der Waals surface area contributed by atoms with E-state index in [2.05, 4.69) is 0 Å². The van der Waals surface area contributed by atoms with Crippen LogP contribution in [0.15, 0.2) is 30.6 Å². The number of carbonyl (C=O) groups is 1. The maximum Gasteiger partial charge on any atom is 0.325 e. The molecule has 1 unspecified atom stereocenters. The highest BCUT2D eigenvalue weighted by Crippen LogP contribution is 2.21. The molecule has 0 fully saturated rings. The largest absolute Gasteiger partial charge is 0.508 e. The molecule has 0 saturated carbocycles. The normalized spacial score (nSPS) is 13.6. The Balaban J connectivity index is 3.09. The summed E-state index contributed by atoms with van der Waals surface area (Å²) in [6, 6.07) is 4.13. The molecular formula is C10H10FNO3. The van der Waals surface area contributed by atoms with Gasteiger partial charge in [0.15, 0.2) is 0 Å². The van der Waals surface area contributed by atoms with Crippen LogP contribution < -0.4 is 5.73 Å². The van der Waals surface area contributed by atoms with Gasteiger partial charge in [-0.3, -0.25) is 4.79 Å². The lowest BCUT2D eigenvalue weighted by atomic mass is 10.0. The molecule has 0 saturated heterocycles. The van der Waals surface area contributed by atoms with Crippen molar-refractivity contribution in [2.45, 2.75) is 6.04 Å². The van der Waals surface area contributed by atoms with Gasteiger partial charge in [-0.25, -0.2) is 4.39 Å². The predicted molar refractivity (Wildman–Crippen MR) is 52.8 cm³/mol. The summed E-state index contributed by atoms with van der Waals surface area (Å²) in [5.74, 6) is -1.41. The summed E-state index contributed by atoms with van der Waals surface area (Å²) in [5, 5.41) is 17.8. The number of hydrogen-bond donors (Lipinski definition) is 3. The Bertz CT molecular complexity index is 403. The van der Waals surface area contributed by atoms with Crippen molar-refractivity contribution in [3.63, 3.8) is 0 Å². The minimum Gasteiger partial charge on any atom is -0.508 e. The van der Waals surface area contributed by atoms with Gasteiger partial charge in [0.1, 0.15) is 11.8 Å². The fourth-order valence-electron chi connectivity index (χ4n) is 1.13. The van der Waals surface area contributed by atoms with Crippen molar-refractivity contribution in [1.29, 1.82) is 0 Å². The van der Waals surface area contributed by atoms with Gasteiger partial charge in [0.25, 0.3) is 0 Å².